The first-order chi connectivity index (χ1) is 9.42. The van der Waals surface area contributed by atoms with Crippen LogP contribution in [0.4, 0.5) is 5.69 Å². The lowest BCUT2D eigenvalue weighted by atomic mass is 9.98. The van der Waals surface area contributed by atoms with Crippen LogP contribution in [-0.4, -0.2) is 43.7 Å². The largest absolute Gasteiger partial charge is 0.368 e. The highest BCUT2D eigenvalue weighted by molar-refractivity contribution is 5.58. The minimum atomic E-state index is 0.807. The van der Waals surface area contributed by atoms with E-state index in [1.807, 2.05) is 0 Å². The highest BCUT2D eigenvalue weighted by Crippen LogP contribution is 2.30. The van der Waals surface area contributed by atoms with Crippen LogP contribution in [0.15, 0.2) is 18.2 Å². The van der Waals surface area contributed by atoms with Crippen LogP contribution in [-0.2, 0) is 13.0 Å². The highest BCUT2D eigenvalue weighted by atomic mass is 15.3. The summed E-state index contributed by atoms with van der Waals surface area (Å²) in [5.41, 5.74) is 4.61. The van der Waals surface area contributed by atoms with E-state index in [1.165, 1.54) is 51.1 Å². The van der Waals surface area contributed by atoms with Crippen LogP contribution < -0.4 is 10.2 Å². The first-order valence-corrected chi connectivity index (χ1v) is 7.72. The number of fused-ring (bicyclic) bond motifs is 2. The van der Waals surface area contributed by atoms with Gasteiger partial charge in [-0.2, -0.15) is 0 Å². The average molecular weight is 257 g/mol. The van der Waals surface area contributed by atoms with Crippen molar-refractivity contribution in [1.29, 1.82) is 0 Å². The van der Waals surface area contributed by atoms with Gasteiger partial charge in [-0.25, -0.2) is 0 Å². The number of benzene rings is 1. The minimum Gasteiger partial charge on any atom is -0.368 e. The van der Waals surface area contributed by atoms with Gasteiger partial charge in [-0.3, -0.25) is 4.90 Å². The van der Waals surface area contributed by atoms with Crippen LogP contribution in [0, 0.1) is 0 Å². The van der Waals surface area contributed by atoms with Crippen molar-refractivity contribution in [3.8, 4) is 0 Å². The van der Waals surface area contributed by atoms with E-state index in [0.29, 0.717) is 0 Å². The first kappa shape index (κ1) is 11.7. The van der Waals surface area contributed by atoms with Crippen molar-refractivity contribution in [2.24, 2.45) is 0 Å². The SMILES string of the molecule is c1cc2c(c(N3CCN4CCCC4C3)c1)CNCC2. The summed E-state index contributed by atoms with van der Waals surface area (Å²) in [6.07, 6.45) is 3.98. The molecule has 102 valence electrons. The Hall–Kier alpha value is -1.06. The molecule has 3 aliphatic rings. The highest BCUT2D eigenvalue weighted by Gasteiger charge is 2.31. The van der Waals surface area contributed by atoms with E-state index in [2.05, 4.69) is 33.3 Å². The number of nitrogens with one attached hydrogen (secondary N) is 1. The van der Waals surface area contributed by atoms with E-state index in [9.17, 15) is 0 Å². The molecule has 0 spiro atoms. The normalized spacial score (nSPS) is 27.2. The fourth-order valence-electron chi connectivity index (χ4n) is 4.00. The zero-order chi connectivity index (χ0) is 12.7. The van der Waals surface area contributed by atoms with Gasteiger partial charge in [0.25, 0.3) is 0 Å². The molecule has 3 heterocycles. The van der Waals surface area contributed by atoms with Gasteiger partial charge in [0, 0.05) is 37.9 Å². The molecule has 3 aliphatic heterocycles. The molecule has 1 atom stereocenters. The lowest BCUT2D eigenvalue weighted by Crippen LogP contribution is -2.50. The summed E-state index contributed by atoms with van der Waals surface area (Å²) in [6, 6.07) is 7.70. The summed E-state index contributed by atoms with van der Waals surface area (Å²) in [6.45, 7) is 7.20. The second kappa shape index (κ2) is 4.80. The van der Waals surface area contributed by atoms with Crippen molar-refractivity contribution in [2.75, 3.05) is 37.6 Å². The Bertz CT molecular complexity index is 471. The number of hydrogen-bond acceptors (Lipinski definition) is 3. The fraction of sp³-hybridized carbons (Fsp3) is 0.625. The maximum atomic E-state index is 3.53. The molecular weight excluding hydrogens is 234 g/mol. The molecule has 0 amide bonds. The molecule has 0 aliphatic carbocycles. The number of piperazine rings is 1. The molecule has 4 rings (SSSR count). The Balaban J connectivity index is 1.62. The second-order valence-corrected chi connectivity index (χ2v) is 6.12. The zero-order valence-electron chi connectivity index (χ0n) is 11.6. The molecule has 1 aromatic rings. The molecule has 1 unspecified atom stereocenters. The lowest BCUT2D eigenvalue weighted by molar-refractivity contribution is 0.230. The number of hydrogen-bond donors (Lipinski definition) is 1. The van der Waals surface area contributed by atoms with Crippen molar-refractivity contribution >= 4 is 5.69 Å². The van der Waals surface area contributed by atoms with E-state index in [4.69, 9.17) is 0 Å². The van der Waals surface area contributed by atoms with Gasteiger partial charge in [0.05, 0.1) is 0 Å². The Labute approximate surface area is 115 Å². The van der Waals surface area contributed by atoms with Crippen molar-refractivity contribution in [1.82, 2.24) is 10.2 Å². The number of nitrogens with zero attached hydrogens (tertiary/aromatic N) is 2. The number of rotatable bonds is 1. The van der Waals surface area contributed by atoms with Crippen molar-refractivity contribution in [2.45, 2.75) is 31.8 Å². The summed E-state index contributed by atoms with van der Waals surface area (Å²) in [4.78, 5) is 5.32. The van der Waals surface area contributed by atoms with Crippen molar-refractivity contribution < 1.29 is 0 Å². The molecule has 1 aromatic carbocycles. The van der Waals surface area contributed by atoms with Crippen LogP contribution in [0.3, 0.4) is 0 Å². The van der Waals surface area contributed by atoms with Crippen LogP contribution in [0.25, 0.3) is 0 Å². The predicted molar refractivity (Wildman–Crippen MR) is 78.7 cm³/mol. The molecule has 2 saturated heterocycles. The molecule has 0 saturated carbocycles. The zero-order valence-corrected chi connectivity index (χ0v) is 11.6. The molecular formula is C16H23N3. The van der Waals surface area contributed by atoms with E-state index < -0.39 is 0 Å². The van der Waals surface area contributed by atoms with Crippen LogP contribution in [0.1, 0.15) is 24.0 Å². The molecule has 3 nitrogen and oxygen atoms in total. The third-order valence-corrected chi connectivity index (χ3v) is 5.05. The summed E-state index contributed by atoms with van der Waals surface area (Å²) in [5.74, 6) is 0. The fourth-order valence-corrected chi connectivity index (χ4v) is 4.00. The van der Waals surface area contributed by atoms with Crippen molar-refractivity contribution in [3.63, 3.8) is 0 Å². The van der Waals surface area contributed by atoms with E-state index in [-0.39, 0.29) is 0 Å². The Kier molecular flexibility index (Phi) is 2.97. The standard InChI is InChI=1S/C16H23N3/c1-3-13-6-7-17-11-15(13)16(5-1)19-10-9-18-8-2-4-14(18)12-19/h1,3,5,14,17H,2,4,6-12H2. The van der Waals surface area contributed by atoms with Crippen LogP contribution in [0.2, 0.25) is 0 Å². The quantitative estimate of drug-likeness (QED) is 0.825. The third kappa shape index (κ3) is 2.05. The van der Waals surface area contributed by atoms with E-state index >= 15 is 0 Å². The molecule has 3 heteroatoms. The van der Waals surface area contributed by atoms with Gasteiger partial charge in [0.15, 0.2) is 0 Å². The molecule has 0 aromatic heterocycles. The maximum Gasteiger partial charge on any atom is 0.0415 e. The van der Waals surface area contributed by atoms with E-state index in [1.54, 1.807) is 11.1 Å². The monoisotopic (exact) mass is 257 g/mol. The second-order valence-electron chi connectivity index (χ2n) is 6.12. The molecule has 1 N–H and O–H groups in total. The predicted octanol–water partition coefficient (Wildman–Crippen LogP) is 1.62. The summed E-state index contributed by atoms with van der Waals surface area (Å²) in [5, 5.41) is 3.53. The van der Waals surface area contributed by atoms with Crippen molar-refractivity contribution in [3.05, 3.63) is 29.3 Å². The first-order valence-electron chi connectivity index (χ1n) is 7.72. The van der Waals surface area contributed by atoms with Gasteiger partial charge in [-0.1, -0.05) is 12.1 Å². The summed E-state index contributed by atoms with van der Waals surface area (Å²) >= 11 is 0. The van der Waals surface area contributed by atoms with Gasteiger partial charge in [-0.05, 0) is 49.5 Å². The topological polar surface area (TPSA) is 18.5 Å². The van der Waals surface area contributed by atoms with E-state index in [0.717, 1.165) is 19.1 Å². The van der Waals surface area contributed by atoms with Crippen LogP contribution >= 0.6 is 0 Å². The molecule has 19 heavy (non-hydrogen) atoms. The maximum absolute atomic E-state index is 3.53. The smallest absolute Gasteiger partial charge is 0.0415 e. The minimum absolute atomic E-state index is 0.807. The summed E-state index contributed by atoms with van der Waals surface area (Å²) in [7, 11) is 0. The third-order valence-electron chi connectivity index (χ3n) is 5.05. The Morgan fingerprint density at radius 1 is 1.16 bits per heavy atom. The molecule has 0 radical (unpaired) electrons. The number of anilines is 1. The van der Waals surface area contributed by atoms with Gasteiger partial charge >= 0.3 is 0 Å². The van der Waals surface area contributed by atoms with Gasteiger partial charge in [0.1, 0.15) is 0 Å². The van der Waals surface area contributed by atoms with Gasteiger partial charge in [0.2, 0.25) is 0 Å². The Morgan fingerprint density at radius 2 is 2.16 bits per heavy atom. The Morgan fingerprint density at radius 3 is 3.16 bits per heavy atom. The lowest BCUT2D eigenvalue weighted by Gasteiger charge is -2.40. The van der Waals surface area contributed by atoms with Gasteiger partial charge < -0.3 is 10.2 Å². The van der Waals surface area contributed by atoms with Gasteiger partial charge in [-0.15, -0.1) is 0 Å². The molecule has 0 bridgehead atoms. The molecule has 2 fully saturated rings. The average Bonchev–Trinajstić information content (AvgIpc) is 2.94. The van der Waals surface area contributed by atoms with Crippen LogP contribution in [0.5, 0.6) is 0 Å². The summed E-state index contributed by atoms with van der Waals surface area (Å²) < 4.78 is 0.